The van der Waals surface area contributed by atoms with Crippen molar-refractivity contribution in [2.75, 3.05) is 19.6 Å². The van der Waals surface area contributed by atoms with Crippen molar-refractivity contribution in [2.45, 2.75) is 56.8 Å². The predicted molar refractivity (Wildman–Crippen MR) is 95.4 cm³/mol. The Bertz CT molecular complexity index is 614. The van der Waals surface area contributed by atoms with Crippen LogP contribution in [0.2, 0.25) is 0 Å². The Labute approximate surface area is 165 Å². The number of halogens is 3. The lowest BCUT2D eigenvalue weighted by atomic mass is 9.98. The van der Waals surface area contributed by atoms with Crippen molar-refractivity contribution >= 4 is 23.6 Å². The van der Waals surface area contributed by atoms with Crippen LogP contribution in [0.1, 0.15) is 38.5 Å². The Morgan fingerprint density at radius 3 is 2.41 bits per heavy atom. The van der Waals surface area contributed by atoms with E-state index in [1.54, 1.807) is 0 Å². The average Bonchev–Trinajstić information content (AvgIpc) is 3.13. The highest BCUT2D eigenvalue weighted by molar-refractivity contribution is 5.93. The van der Waals surface area contributed by atoms with E-state index >= 15 is 0 Å². The first kappa shape index (κ1) is 24.8. The highest BCUT2D eigenvalue weighted by Crippen LogP contribution is 2.31. The molecule has 1 rings (SSSR count). The van der Waals surface area contributed by atoms with Gasteiger partial charge in [-0.05, 0) is 32.2 Å². The van der Waals surface area contributed by atoms with Gasteiger partial charge in [0.05, 0.1) is 12.6 Å². The quantitative estimate of drug-likeness (QED) is 0.334. The second-order valence-corrected chi connectivity index (χ2v) is 6.96. The SMILES string of the molecule is NCCCC[C@H](N)C(=O)NCC(=O)C(CC(=O)N1CCC[C@H]1C(=O)O)C(F)(F)F. The minimum Gasteiger partial charge on any atom is -0.480 e. The standard InChI is InChI=1S/C17H27F3N4O5/c18-17(19,20)10(8-14(26)24-7-3-5-12(24)16(28)29)13(25)9-23-15(27)11(22)4-1-2-6-21/h10-12H,1-9,21-22H2,(H,23,27)(H,28,29)/t10?,11-,12-/m0/s1. The van der Waals surface area contributed by atoms with Crippen LogP contribution in [0.5, 0.6) is 0 Å². The molecule has 2 amide bonds. The van der Waals surface area contributed by atoms with Crippen LogP contribution in [0.25, 0.3) is 0 Å². The third kappa shape index (κ3) is 7.61. The van der Waals surface area contributed by atoms with Crippen LogP contribution in [-0.4, -0.2) is 71.5 Å². The van der Waals surface area contributed by atoms with Crippen molar-refractivity contribution in [2.24, 2.45) is 17.4 Å². The Balaban J connectivity index is 2.68. The molecule has 1 aliphatic rings. The summed E-state index contributed by atoms with van der Waals surface area (Å²) in [6, 6.07) is -2.18. The lowest BCUT2D eigenvalue weighted by molar-refractivity contribution is -0.186. The Hall–Kier alpha value is -2.21. The van der Waals surface area contributed by atoms with E-state index in [1.807, 2.05) is 0 Å². The molecule has 0 bridgehead atoms. The maximum Gasteiger partial charge on any atom is 0.399 e. The summed E-state index contributed by atoms with van der Waals surface area (Å²) in [5.74, 6) is -7.16. The third-order valence-corrected chi connectivity index (χ3v) is 4.76. The lowest BCUT2D eigenvalue weighted by Crippen LogP contribution is -2.47. The van der Waals surface area contributed by atoms with Crippen LogP contribution in [0.3, 0.4) is 0 Å². The van der Waals surface area contributed by atoms with E-state index in [1.165, 1.54) is 0 Å². The highest BCUT2D eigenvalue weighted by atomic mass is 19.4. The number of hydrogen-bond donors (Lipinski definition) is 4. The molecule has 1 saturated heterocycles. The molecule has 29 heavy (non-hydrogen) atoms. The summed E-state index contributed by atoms with van der Waals surface area (Å²) in [7, 11) is 0. The number of aliphatic carboxylic acids is 1. The lowest BCUT2D eigenvalue weighted by Gasteiger charge is -2.25. The number of Topliss-reactive ketones (excluding diaryl/α,β-unsaturated/α-hetero) is 1. The number of hydrogen-bond acceptors (Lipinski definition) is 6. The molecule has 6 N–H and O–H groups in total. The normalized spacial score (nSPS) is 18.9. The van der Waals surface area contributed by atoms with Crippen molar-refractivity contribution in [1.29, 1.82) is 0 Å². The van der Waals surface area contributed by atoms with Gasteiger partial charge in [0.25, 0.3) is 0 Å². The van der Waals surface area contributed by atoms with Gasteiger partial charge in [0, 0.05) is 13.0 Å². The Morgan fingerprint density at radius 2 is 1.86 bits per heavy atom. The minimum atomic E-state index is -5.01. The molecular weight excluding hydrogens is 397 g/mol. The maximum atomic E-state index is 13.3. The number of nitrogens with one attached hydrogen (secondary N) is 1. The number of carbonyl (C=O) groups excluding carboxylic acids is 3. The molecule has 166 valence electrons. The van der Waals surface area contributed by atoms with Crippen LogP contribution < -0.4 is 16.8 Å². The number of likely N-dealkylation sites (tertiary alicyclic amines) is 1. The minimum absolute atomic E-state index is 0.0168. The number of nitrogens with two attached hydrogens (primary N) is 2. The molecule has 1 aliphatic heterocycles. The number of ketones is 1. The maximum absolute atomic E-state index is 13.3. The smallest absolute Gasteiger partial charge is 0.399 e. The van der Waals surface area contributed by atoms with Crippen molar-refractivity contribution < 1.29 is 37.5 Å². The largest absolute Gasteiger partial charge is 0.480 e. The van der Waals surface area contributed by atoms with Gasteiger partial charge < -0.3 is 26.8 Å². The van der Waals surface area contributed by atoms with Gasteiger partial charge in [0.2, 0.25) is 11.8 Å². The zero-order chi connectivity index (χ0) is 22.2. The van der Waals surface area contributed by atoms with Gasteiger partial charge in [0.1, 0.15) is 12.0 Å². The summed E-state index contributed by atoms with van der Waals surface area (Å²) in [4.78, 5) is 48.1. The summed E-state index contributed by atoms with van der Waals surface area (Å²) in [5, 5.41) is 11.1. The zero-order valence-electron chi connectivity index (χ0n) is 15.9. The molecule has 3 atom stereocenters. The molecule has 0 aliphatic carbocycles. The number of nitrogens with zero attached hydrogens (tertiary/aromatic N) is 1. The van der Waals surface area contributed by atoms with Gasteiger partial charge >= 0.3 is 12.1 Å². The fourth-order valence-corrected chi connectivity index (χ4v) is 3.09. The molecule has 1 heterocycles. The molecule has 12 heteroatoms. The van der Waals surface area contributed by atoms with E-state index in [2.05, 4.69) is 5.32 Å². The van der Waals surface area contributed by atoms with E-state index in [0.29, 0.717) is 25.8 Å². The van der Waals surface area contributed by atoms with Crippen LogP contribution in [0, 0.1) is 5.92 Å². The monoisotopic (exact) mass is 424 g/mol. The van der Waals surface area contributed by atoms with E-state index in [-0.39, 0.29) is 19.4 Å². The van der Waals surface area contributed by atoms with Gasteiger partial charge in [-0.1, -0.05) is 6.42 Å². The number of amides is 2. The Morgan fingerprint density at radius 1 is 1.21 bits per heavy atom. The summed E-state index contributed by atoms with van der Waals surface area (Å²) in [6.45, 7) is -0.500. The molecular formula is C17H27F3N4O5. The number of alkyl halides is 3. The summed E-state index contributed by atoms with van der Waals surface area (Å²) >= 11 is 0. The van der Waals surface area contributed by atoms with Crippen molar-refractivity contribution in [3.63, 3.8) is 0 Å². The number of rotatable bonds is 11. The van der Waals surface area contributed by atoms with Gasteiger partial charge in [0.15, 0.2) is 5.78 Å². The topological polar surface area (TPSA) is 156 Å². The predicted octanol–water partition coefficient (Wildman–Crippen LogP) is -0.228. The van der Waals surface area contributed by atoms with E-state index in [4.69, 9.17) is 16.6 Å². The molecule has 0 aromatic heterocycles. The van der Waals surface area contributed by atoms with Crippen LogP contribution >= 0.6 is 0 Å². The average molecular weight is 424 g/mol. The van der Waals surface area contributed by atoms with Crippen LogP contribution in [0.4, 0.5) is 13.2 Å². The van der Waals surface area contributed by atoms with Crippen molar-refractivity contribution in [1.82, 2.24) is 10.2 Å². The number of carboxylic acids is 1. The number of carbonyl (C=O) groups is 4. The van der Waals surface area contributed by atoms with Gasteiger partial charge in [-0.2, -0.15) is 13.2 Å². The second-order valence-electron chi connectivity index (χ2n) is 6.96. The summed E-state index contributed by atoms with van der Waals surface area (Å²) in [5.41, 5.74) is 10.9. The van der Waals surface area contributed by atoms with Crippen molar-refractivity contribution in [3.8, 4) is 0 Å². The molecule has 1 unspecified atom stereocenters. The first-order valence-corrected chi connectivity index (χ1v) is 9.34. The summed E-state index contributed by atoms with van der Waals surface area (Å²) in [6.07, 6.45) is -4.27. The van der Waals surface area contributed by atoms with E-state index in [0.717, 1.165) is 4.90 Å². The molecule has 0 aromatic carbocycles. The second kappa shape index (κ2) is 11.1. The summed E-state index contributed by atoms with van der Waals surface area (Å²) < 4.78 is 39.9. The number of carboxylic acid groups (broad SMARTS) is 1. The van der Waals surface area contributed by atoms with E-state index < -0.39 is 60.7 Å². The first-order chi connectivity index (χ1) is 13.5. The number of unbranched alkanes of at least 4 members (excludes halogenated alkanes) is 1. The van der Waals surface area contributed by atoms with Gasteiger partial charge in [-0.3, -0.25) is 14.4 Å². The molecule has 0 radical (unpaired) electrons. The molecule has 1 fully saturated rings. The van der Waals surface area contributed by atoms with Crippen molar-refractivity contribution in [3.05, 3.63) is 0 Å². The molecule has 9 nitrogen and oxygen atoms in total. The fourth-order valence-electron chi connectivity index (χ4n) is 3.09. The highest BCUT2D eigenvalue weighted by Gasteiger charge is 2.47. The van der Waals surface area contributed by atoms with Crippen LogP contribution in [-0.2, 0) is 19.2 Å². The zero-order valence-corrected chi connectivity index (χ0v) is 15.9. The van der Waals surface area contributed by atoms with E-state index in [9.17, 15) is 32.3 Å². The van der Waals surface area contributed by atoms with Gasteiger partial charge in [-0.15, -0.1) is 0 Å². The Kier molecular flexibility index (Phi) is 9.50. The molecule has 0 spiro atoms. The van der Waals surface area contributed by atoms with Crippen LogP contribution in [0.15, 0.2) is 0 Å². The first-order valence-electron chi connectivity index (χ1n) is 9.34. The van der Waals surface area contributed by atoms with Gasteiger partial charge in [-0.25, -0.2) is 4.79 Å². The molecule has 0 saturated carbocycles. The fraction of sp³-hybridized carbons (Fsp3) is 0.765. The third-order valence-electron chi connectivity index (χ3n) is 4.76. The molecule has 0 aromatic rings.